The van der Waals surface area contributed by atoms with Gasteiger partial charge in [0.05, 0.1) is 0 Å². The first-order valence-electron chi connectivity index (χ1n) is 5.59. The molecule has 1 aromatic heterocycles. The number of benzene rings is 1. The van der Waals surface area contributed by atoms with Crippen molar-refractivity contribution in [1.82, 2.24) is 10.3 Å². The second-order valence-electron chi connectivity index (χ2n) is 4.00. The van der Waals surface area contributed by atoms with Crippen molar-refractivity contribution >= 4 is 11.6 Å². The largest absolute Gasteiger partial charge is 0.313 e. The molecule has 0 amide bonds. The molecule has 3 heteroatoms. The first-order chi connectivity index (χ1) is 8.22. The Bertz CT molecular complexity index is 511. The summed E-state index contributed by atoms with van der Waals surface area (Å²) in [6.45, 7) is 2.10. The lowest BCUT2D eigenvalue weighted by molar-refractivity contribution is 0.650. The minimum Gasteiger partial charge on any atom is -0.313 e. The quantitative estimate of drug-likeness (QED) is 0.894. The predicted molar refractivity (Wildman–Crippen MR) is 72.2 cm³/mol. The second-order valence-corrected chi connectivity index (χ2v) is 4.40. The summed E-state index contributed by atoms with van der Waals surface area (Å²) in [7, 11) is 1.94. The topological polar surface area (TPSA) is 24.9 Å². The van der Waals surface area contributed by atoms with Gasteiger partial charge in [-0.3, -0.25) is 4.98 Å². The molecule has 0 spiro atoms. The highest BCUT2D eigenvalue weighted by Gasteiger charge is 2.07. The Balaban J connectivity index is 2.43. The molecule has 2 nitrogen and oxygen atoms in total. The number of aromatic nitrogens is 1. The second kappa shape index (κ2) is 5.30. The highest BCUT2D eigenvalue weighted by atomic mass is 35.5. The van der Waals surface area contributed by atoms with Gasteiger partial charge in [0.2, 0.25) is 0 Å². The molecule has 1 atom stereocenters. The summed E-state index contributed by atoms with van der Waals surface area (Å²) in [4.78, 5) is 4.27. The molecule has 1 aromatic carbocycles. The van der Waals surface area contributed by atoms with Crippen molar-refractivity contribution in [2.45, 2.75) is 13.0 Å². The van der Waals surface area contributed by atoms with Crippen LogP contribution < -0.4 is 5.32 Å². The Kier molecular flexibility index (Phi) is 3.77. The average molecular weight is 247 g/mol. The van der Waals surface area contributed by atoms with E-state index >= 15 is 0 Å². The maximum absolute atomic E-state index is 6.18. The Labute approximate surface area is 107 Å². The van der Waals surface area contributed by atoms with Crippen LogP contribution in [0.3, 0.4) is 0 Å². The van der Waals surface area contributed by atoms with E-state index in [1.54, 1.807) is 0 Å². The van der Waals surface area contributed by atoms with Crippen LogP contribution in [0.2, 0.25) is 5.02 Å². The SMILES string of the molecule is CNC(C)c1cncc(-c2ccccc2Cl)c1. The number of hydrogen-bond donors (Lipinski definition) is 1. The smallest absolute Gasteiger partial charge is 0.0484 e. The average Bonchev–Trinajstić information content (AvgIpc) is 2.38. The van der Waals surface area contributed by atoms with E-state index in [-0.39, 0.29) is 6.04 Å². The van der Waals surface area contributed by atoms with Gasteiger partial charge in [-0.15, -0.1) is 0 Å². The Hall–Kier alpha value is -1.38. The monoisotopic (exact) mass is 246 g/mol. The zero-order valence-electron chi connectivity index (χ0n) is 9.94. The van der Waals surface area contributed by atoms with Crippen LogP contribution in [-0.4, -0.2) is 12.0 Å². The summed E-state index contributed by atoms with van der Waals surface area (Å²) in [6, 6.07) is 10.2. The van der Waals surface area contributed by atoms with Crippen molar-refractivity contribution in [3.05, 3.63) is 53.3 Å². The maximum atomic E-state index is 6.18. The molecule has 0 radical (unpaired) electrons. The molecule has 0 aliphatic heterocycles. The van der Waals surface area contributed by atoms with Crippen LogP contribution in [0.5, 0.6) is 0 Å². The number of hydrogen-bond acceptors (Lipinski definition) is 2. The summed E-state index contributed by atoms with van der Waals surface area (Å²) in [5.74, 6) is 0. The van der Waals surface area contributed by atoms with Gasteiger partial charge in [0.1, 0.15) is 0 Å². The van der Waals surface area contributed by atoms with Crippen molar-refractivity contribution in [1.29, 1.82) is 0 Å². The van der Waals surface area contributed by atoms with E-state index in [2.05, 4.69) is 23.3 Å². The van der Waals surface area contributed by atoms with Gasteiger partial charge in [-0.05, 0) is 31.7 Å². The molecule has 17 heavy (non-hydrogen) atoms. The number of rotatable bonds is 3. The summed E-state index contributed by atoms with van der Waals surface area (Å²) in [5, 5.41) is 3.95. The number of nitrogens with zero attached hydrogens (tertiary/aromatic N) is 1. The third-order valence-corrected chi connectivity index (χ3v) is 3.21. The van der Waals surface area contributed by atoms with Gasteiger partial charge in [0, 0.05) is 34.6 Å². The lowest BCUT2D eigenvalue weighted by Gasteiger charge is -2.12. The molecule has 1 heterocycles. The lowest BCUT2D eigenvalue weighted by atomic mass is 10.0. The molecule has 0 saturated carbocycles. The van der Waals surface area contributed by atoms with Crippen molar-refractivity contribution in [3.8, 4) is 11.1 Å². The summed E-state index contributed by atoms with van der Waals surface area (Å²) < 4.78 is 0. The first-order valence-corrected chi connectivity index (χ1v) is 5.97. The highest BCUT2D eigenvalue weighted by Crippen LogP contribution is 2.28. The van der Waals surface area contributed by atoms with Crippen LogP contribution in [0.25, 0.3) is 11.1 Å². The van der Waals surface area contributed by atoms with E-state index < -0.39 is 0 Å². The van der Waals surface area contributed by atoms with Gasteiger partial charge in [-0.1, -0.05) is 29.8 Å². The molecule has 1 unspecified atom stereocenters. The summed E-state index contributed by atoms with van der Waals surface area (Å²) in [6.07, 6.45) is 3.72. The van der Waals surface area contributed by atoms with E-state index in [0.717, 1.165) is 21.7 Å². The molecule has 0 bridgehead atoms. The molecule has 0 aliphatic rings. The molecular formula is C14H15ClN2. The van der Waals surface area contributed by atoms with E-state index in [0.29, 0.717) is 0 Å². The van der Waals surface area contributed by atoms with E-state index in [1.807, 2.05) is 43.7 Å². The fraction of sp³-hybridized carbons (Fsp3) is 0.214. The van der Waals surface area contributed by atoms with Crippen LogP contribution >= 0.6 is 11.6 Å². The highest BCUT2D eigenvalue weighted by molar-refractivity contribution is 6.33. The third-order valence-electron chi connectivity index (χ3n) is 2.88. The summed E-state index contributed by atoms with van der Waals surface area (Å²) in [5.41, 5.74) is 3.23. The predicted octanol–water partition coefficient (Wildman–Crippen LogP) is 3.68. The van der Waals surface area contributed by atoms with Gasteiger partial charge >= 0.3 is 0 Å². The molecule has 1 N–H and O–H groups in total. The maximum Gasteiger partial charge on any atom is 0.0484 e. The van der Waals surface area contributed by atoms with Gasteiger partial charge in [0.15, 0.2) is 0 Å². The van der Waals surface area contributed by atoms with Crippen molar-refractivity contribution in [3.63, 3.8) is 0 Å². The fourth-order valence-electron chi connectivity index (χ4n) is 1.70. The third kappa shape index (κ3) is 2.65. The number of pyridine rings is 1. The standard InChI is InChI=1S/C14H15ClN2/c1-10(16-2)11-7-12(9-17-8-11)13-5-3-4-6-14(13)15/h3-10,16H,1-2H3. The minimum absolute atomic E-state index is 0.282. The van der Waals surface area contributed by atoms with E-state index in [1.165, 1.54) is 0 Å². The van der Waals surface area contributed by atoms with Gasteiger partial charge in [0.25, 0.3) is 0 Å². The molecular weight excluding hydrogens is 232 g/mol. The summed E-state index contributed by atoms with van der Waals surface area (Å²) >= 11 is 6.18. The zero-order valence-corrected chi connectivity index (χ0v) is 10.7. The van der Waals surface area contributed by atoms with Gasteiger partial charge in [-0.25, -0.2) is 0 Å². The number of nitrogens with one attached hydrogen (secondary N) is 1. The van der Waals surface area contributed by atoms with Crippen molar-refractivity contribution < 1.29 is 0 Å². The molecule has 88 valence electrons. The van der Waals surface area contributed by atoms with Crippen LogP contribution in [0.15, 0.2) is 42.7 Å². The van der Waals surface area contributed by atoms with Gasteiger partial charge in [-0.2, -0.15) is 0 Å². The van der Waals surface area contributed by atoms with E-state index in [9.17, 15) is 0 Å². The lowest BCUT2D eigenvalue weighted by Crippen LogP contribution is -2.12. The molecule has 2 rings (SSSR count). The Morgan fingerprint density at radius 3 is 2.71 bits per heavy atom. The minimum atomic E-state index is 0.282. The van der Waals surface area contributed by atoms with Crippen molar-refractivity contribution in [2.24, 2.45) is 0 Å². The number of halogens is 1. The Morgan fingerprint density at radius 1 is 1.24 bits per heavy atom. The van der Waals surface area contributed by atoms with Crippen LogP contribution in [0, 0.1) is 0 Å². The van der Waals surface area contributed by atoms with Crippen LogP contribution in [0.4, 0.5) is 0 Å². The fourth-order valence-corrected chi connectivity index (χ4v) is 1.95. The van der Waals surface area contributed by atoms with E-state index in [4.69, 9.17) is 11.6 Å². The van der Waals surface area contributed by atoms with Crippen LogP contribution in [0.1, 0.15) is 18.5 Å². The van der Waals surface area contributed by atoms with Crippen LogP contribution in [-0.2, 0) is 0 Å². The molecule has 2 aromatic rings. The van der Waals surface area contributed by atoms with Gasteiger partial charge < -0.3 is 5.32 Å². The zero-order chi connectivity index (χ0) is 12.3. The van der Waals surface area contributed by atoms with Crippen molar-refractivity contribution in [2.75, 3.05) is 7.05 Å². The molecule has 0 fully saturated rings. The first kappa shape index (κ1) is 12.1. The Morgan fingerprint density at radius 2 is 2.00 bits per heavy atom. The molecule has 0 saturated heterocycles. The molecule has 0 aliphatic carbocycles. The normalized spacial score (nSPS) is 12.4.